The van der Waals surface area contributed by atoms with Crippen molar-refractivity contribution in [2.45, 2.75) is 51.2 Å². The van der Waals surface area contributed by atoms with Crippen molar-refractivity contribution < 1.29 is 14.6 Å². The summed E-state index contributed by atoms with van der Waals surface area (Å²) < 4.78 is 7.57. The van der Waals surface area contributed by atoms with Gasteiger partial charge in [0.25, 0.3) is 0 Å². The van der Waals surface area contributed by atoms with E-state index in [9.17, 15) is 9.90 Å². The molecular formula is C34H37N7O3. The van der Waals surface area contributed by atoms with E-state index in [1.54, 1.807) is 6.20 Å². The van der Waals surface area contributed by atoms with Gasteiger partial charge in [0.05, 0.1) is 23.4 Å². The smallest absolute Gasteiger partial charge is 0.408 e. The third-order valence-electron chi connectivity index (χ3n) is 7.81. The SMILES string of the molecule is CC(C)(C)OC(=O)NC1(c2ccc(-n3c(-c4cccnc4N)nc4ccc(-c5cccc(NCCO)c5)nc43)cc2)CCC1. The maximum Gasteiger partial charge on any atom is 0.408 e. The zero-order valence-corrected chi connectivity index (χ0v) is 25.2. The van der Waals surface area contributed by atoms with Crippen LogP contribution in [0.15, 0.2) is 79.0 Å². The predicted octanol–water partition coefficient (Wildman–Crippen LogP) is 6.04. The topological polar surface area (TPSA) is 140 Å². The minimum atomic E-state index is -0.574. The molecule has 10 heteroatoms. The fourth-order valence-corrected chi connectivity index (χ4v) is 5.58. The van der Waals surface area contributed by atoms with Gasteiger partial charge in [-0.05, 0) is 94.1 Å². The number of nitrogens with one attached hydrogen (secondary N) is 2. The largest absolute Gasteiger partial charge is 0.444 e. The second kappa shape index (κ2) is 11.6. The van der Waals surface area contributed by atoms with Gasteiger partial charge in [-0.15, -0.1) is 0 Å². The summed E-state index contributed by atoms with van der Waals surface area (Å²) in [5, 5.41) is 15.6. The van der Waals surface area contributed by atoms with Crippen LogP contribution in [-0.2, 0) is 10.3 Å². The van der Waals surface area contributed by atoms with E-state index in [1.807, 2.05) is 98.1 Å². The summed E-state index contributed by atoms with van der Waals surface area (Å²) in [7, 11) is 0. The second-order valence-electron chi connectivity index (χ2n) is 12.1. The van der Waals surface area contributed by atoms with Gasteiger partial charge in [0.2, 0.25) is 0 Å². The van der Waals surface area contributed by atoms with Crippen molar-refractivity contribution >= 4 is 28.8 Å². The van der Waals surface area contributed by atoms with Gasteiger partial charge in [-0.1, -0.05) is 24.3 Å². The molecule has 0 spiro atoms. The number of carbonyl (C=O) groups excluding carboxylic acids is 1. The van der Waals surface area contributed by atoms with Gasteiger partial charge < -0.3 is 26.2 Å². The number of imidazole rings is 1. The van der Waals surface area contributed by atoms with Crippen molar-refractivity contribution in [1.82, 2.24) is 24.8 Å². The molecule has 6 rings (SSSR count). The van der Waals surface area contributed by atoms with E-state index in [0.717, 1.165) is 47.5 Å². The number of aliphatic hydroxyl groups excluding tert-OH is 1. The van der Waals surface area contributed by atoms with E-state index in [0.29, 0.717) is 34.9 Å². The van der Waals surface area contributed by atoms with Crippen molar-refractivity contribution in [3.8, 4) is 28.3 Å². The van der Waals surface area contributed by atoms with E-state index in [2.05, 4.69) is 15.6 Å². The Morgan fingerprint density at radius 2 is 1.84 bits per heavy atom. The van der Waals surface area contributed by atoms with Gasteiger partial charge in [-0.2, -0.15) is 0 Å². The standard InChI is InChI=1S/C34H37N7O3/c1-33(2,3)44-32(43)40-34(16-6-17-34)23-10-12-25(13-11-23)41-30(26-9-5-18-37-29(26)35)39-28-15-14-27(38-31(28)41)22-7-4-8-24(21-22)36-19-20-42/h4-5,7-15,18,21,36,42H,6,16-17,19-20H2,1-3H3,(H2,35,37)(H,40,43). The molecule has 0 radical (unpaired) electrons. The van der Waals surface area contributed by atoms with Crippen LogP contribution in [0.1, 0.15) is 45.6 Å². The lowest BCUT2D eigenvalue weighted by Gasteiger charge is -2.43. The highest BCUT2D eigenvalue weighted by Gasteiger charge is 2.41. The van der Waals surface area contributed by atoms with Crippen LogP contribution in [0.3, 0.4) is 0 Å². The summed E-state index contributed by atoms with van der Waals surface area (Å²) in [4.78, 5) is 27.0. The van der Waals surface area contributed by atoms with E-state index < -0.39 is 17.2 Å². The molecule has 0 bridgehead atoms. The maximum atomic E-state index is 12.7. The quantitative estimate of drug-likeness (QED) is 0.171. The van der Waals surface area contributed by atoms with Crippen LogP contribution in [0, 0.1) is 0 Å². The van der Waals surface area contributed by atoms with Crippen LogP contribution < -0.4 is 16.4 Å². The van der Waals surface area contributed by atoms with Gasteiger partial charge >= 0.3 is 6.09 Å². The first-order valence-electron chi connectivity index (χ1n) is 14.8. The molecule has 1 aliphatic rings. The fourth-order valence-electron chi connectivity index (χ4n) is 5.58. The average Bonchev–Trinajstić information content (AvgIpc) is 3.36. The molecule has 44 heavy (non-hydrogen) atoms. The van der Waals surface area contributed by atoms with Crippen LogP contribution in [0.2, 0.25) is 0 Å². The van der Waals surface area contributed by atoms with Gasteiger partial charge in [0, 0.05) is 29.7 Å². The molecular weight excluding hydrogens is 554 g/mol. The number of aliphatic hydroxyl groups is 1. The van der Waals surface area contributed by atoms with Crippen LogP contribution in [0.4, 0.5) is 16.3 Å². The lowest BCUT2D eigenvalue weighted by atomic mass is 9.72. The van der Waals surface area contributed by atoms with Crippen molar-refractivity contribution in [2.75, 3.05) is 24.2 Å². The number of carbonyl (C=O) groups is 1. The number of pyridine rings is 2. The molecule has 1 saturated carbocycles. The summed E-state index contributed by atoms with van der Waals surface area (Å²) >= 11 is 0. The monoisotopic (exact) mass is 591 g/mol. The number of fused-ring (bicyclic) bond motifs is 1. The Labute approximate surface area is 256 Å². The Bertz CT molecular complexity index is 1800. The minimum Gasteiger partial charge on any atom is -0.444 e. The van der Waals surface area contributed by atoms with Crippen LogP contribution in [0.5, 0.6) is 0 Å². The highest BCUT2D eigenvalue weighted by atomic mass is 16.6. The lowest BCUT2D eigenvalue weighted by Crippen LogP contribution is -2.52. The van der Waals surface area contributed by atoms with Gasteiger partial charge in [-0.3, -0.25) is 4.57 Å². The van der Waals surface area contributed by atoms with Gasteiger partial charge in [0.1, 0.15) is 16.9 Å². The lowest BCUT2D eigenvalue weighted by molar-refractivity contribution is 0.0377. The first-order chi connectivity index (χ1) is 21.2. The third-order valence-corrected chi connectivity index (χ3v) is 7.81. The van der Waals surface area contributed by atoms with Crippen molar-refractivity contribution in [3.05, 3.63) is 84.6 Å². The Morgan fingerprint density at radius 3 is 2.52 bits per heavy atom. The first kappa shape index (κ1) is 29.1. The number of hydrogen-bond donors (Lipinski definition) is 4. The molecule has 1 fully saturated rings. The fraction of sp³-hybridized carbons (Fsp3) is 0.294. The maximum absolute atomic E-state index is 12.7. The van der Waals surface area contributed by atoms with E-state index in [-0.39, 0.29) is 6.61 Å². The molecule has 5 N–H and O–H groups in total. The number of amides is 1. The molecule has 1 amide bonds. The molecule has 2 aromatic carbocycles. The number of rotatable bonds is 8. The third kappa shape index (κ3) is 5.80. The Balaban J connectivity index is 1.42. The van der Waals surface area contributed by atoms with Gasteiger partial charge in [-0.25, -0.2) is 19.7 Å². The summed E-state index contributed by atoms with van der Waals surface area (Å²) in [6.07, 6.45) is 3.95. The normalized spacial score (nSPS) is 14.2. The molecule has 0 unspecified atom stereocenters. The van der Waals surface area contributed by atoms with E-state index in [1.165, 1.54) is 0 Å². The predicted molar refractivity (Wildman–Crippen MR) is 172 cm³/mol. The molecule has 0 saturated heterocycles. The molecule has 10 nitrogen and oxygen atoms in total. The van der Waals surface area contributed by atoms with Crippen LogP contribution in [0.25, 0.3) is 39.5 Å². The summed E-state index contributed by atoms with van der Waals surface area (Å²) in [6, 6.07) is 23.7. The Hall–Kier alpha value is -4.96. The Morgan fingerprint density at radius 1 is 1.05 bits per heavy atom. The summed E-state index contributed by atoms with van der Waals surface area (Å²) in [5.74, 6) is 1.00. The first-order valence-corrected chi connectivity index (χ1v) is 14.8. The molecule has 1 aliphatic carbocycles. The summed E-state index contributed by atoms with van der Waals surface area (Å²) in [5.41, 5.74) is 11.9. The molecule has 226 valence electrons. The van der Waals surface area contributed by atoms with Crippen molar-refractivity contribution in [3.63, 3.8) is 0 Å². The van der Waals surface area contributed by atoms with Crippen molar-refractivity contribution in [1.29, 1.82) is 0 Å². The number of alkyl carbamates (subject to hydrolysis) is 1. The van der Waals surface area contributed by atoms with Crippen LogP contribution >= 0.6 is 0 Å². The minimum absolute atomic E-state index is 0.0465. The second-order valence-corrected chi connectivity index (χ2v) is 12.1. The van der Waals surface area contributed by atoms with E-state index >= 15 is 0 Å². The molecule has 3 aromatic heterocycles. The number of ether oxygens (including phenoxy) is 1. The molecule has 0 atom stereocenters. The highest BCUT2D eigenvalue weighted by Crippen LogP contribution is 2.42. The highest BCUT2D eigenvalue weighted by molar-refractivity contribution is 5.85. The van der Waals surface area contributed by atoms with Gasteiger partial charge in [0.15, 0.2) is 11.5 Å². The zero-order valence-electron chi connectivity index (χ0n) is 25.2. The van der Waals surface area contributed by atoms with Crippen LogP contribution in [-0.4, -0.2) is 49.5 Å². The number of nitrogens with two attached hydrogens (primary N) is 1. The molecule has 0 aliphatic heterocycles. The number of nitrogen functional groups attached to an aromatic ring is 1. The number of nitrogens with zero attached hydrogens (tertiary/aromatic N) is 4. The zero-order chi connectivity index (χ0) is 30.9. The molecule has 3 heterocycles. The number of hydrogen-bond acceptors (Lipinski definition) is 8. The van der Waals surface area contributed by atoms with Crippen molar-refractivity contribution in [2.24, 2.45) is 0 Å². The molecule has 5 aromatic rings. The number of aromatic nitrogens is 4. The summed E-state index contributed by atoms with van der Waals surface area (Å²) in [6.45, 7) is 6.09. The number of benzene rings is 2. The Kier molecular flexibility index (Phi) is 7.69. The van der Waals surface area contributed by atoms with E-state index in [4.69, 9.17) is 20.4 Å². The number of anilines is 2. The average molecular weight is 592 g/mol.